The zero-order valence-electron chi connectivity index (χ0n) is 7.07. The van der Waals surface area contributed by atoms with Gasteiger partial charge in [-0.25, -0.2) is 0 Å². The van der Waals surface area contributed by atoms with Gasteiger partial charge in [0.05, 0.1) is 4.92 Å². The molecule has 0 N–H and O–H groups in total. The van der Waals surface area contributed by atoms with E-state index in [1.54, 1.807) is 0 Å². The van der Waals surface area contributed by atoms with Crippen LogP contribution < -0.4 is 5.56 Å². The molecule has 0 amide bonds. The third-order valence-corrected chi connectivity index (χ3v) is 2.53. The third-order valence-electron chi connectivity index (χ3n) is 1.73. The van der Waals surface area contributed by atoms with Crippen LogP contribution in [0.2, 0.25) is 0 Å². The predicted octanol–water partition coefficient (Wildman–Crippen LogP) is 1.36. The Kier molecular flexibility index (Phi) is 2.51. The molecule has 1 aromatic rings. The summed E-state index contributed by atoms with van der Waals surface area (Å²) >= 11 is 3.14. The van der Waals surface area contributed by atoms with E-state index in [2.05, 4.69) is 15.9 Å². The third kappa shape index (κ3) is 1.62. The molecule has 0 saturated heterocycles. The van der Waals surface area contributed by atoms with Crippen molar-refractivity contribution in [3.8, 4) is 0 Å². The number of aromatic nitrogens is 1. The highest BCUT2D eigenvalue weighted by Gasteiger charge is 2.19. The van der Waals surface area contributed by atoms with Gasteiger partial charge >= 0.3 is 11.2 Å². The minimum absolute atomic E-state index is 0.355. The van der Waals surface area contributed by atoms with E-state index in [1.807, 2.05) is 0 Å². The lowest BCUT2D eigenvalue weighted by molar-refractivity contribution is -0.387. The molecule has 6 heteroatoms. The highest BCUT2D eigenvalue weighted by Crippen LogP contribution is 2.21. The molecular weight excluding hydrogens is 240 g/mol. The van der Waals surface area contributed by atoms with E-state index in [0.717, 1.165) is 0 Å². The van der Waals surface area contributed by atoms with Gasteiger partial charge in [0.25, 0.3) is 0 Å². The van der Waals surface area contributed by atoms with Crippen LogP contribution >= 0.6 is 15.9 Å². The van der Waals surface area contributed by atoms with E-state index in [9.17, 15) is 14.9 Å². The molecule has 0 aromatic carbocycles. The Bertz CT molecular complexity index is 424. The van der Waals surface area contributed by atoms with Crippen molar-refractivity contribution in [2.45, 2.75) is 6.92 Å². The van der Waals surface area contributed by atoms with Crippen LogP contribution in [0.5, 0.6) is 0 Å². The summed E-state index contributed by atoms with van der Waals surface area (Å²) in [5.41, 5.74) is -0.615. The Morgan fingerprint density at radius 1 is 1.62 bits per heavy atom. The highest BCUT2D eigenvalue weighted by molar-refractivity contribution is 9.10. The second kappa shape index (κ2) is 3.29. The zero-order chi connectivity index (χ0) is 10.2. The summed E-state index contributed by atoms with van der Waals surface area (Å²) in [6.45, 7) is 1.53. The summed E-state index contributed by atoms with van der Waals surface area (Å²) in [6.07, 6.45) is 1.50. The van der Waals surface area contributed by atoms with E-state index in [-0.39, 0.29) is 5.69 Å². The molecule has 13 heavy (non-hydrogen) atoms. The van der Waals surface area contributed by atoms with Crippen molar-refractivity contribution in [2.75, 3.05) is 0 Å². The van der Waals surface area contributed by atoms with Gasteiger partial charge < -0.3 is 4.57 Å². The van der Waals surface area contributed by atoms with Crippen LogP contribution in [0.25, 0.3) is 0 Å². The van der Waals surface area contributed by atoms with Gasteiger partial charge in [-0.05, 0) is 22.9 Å². The number of aryl methyl sites for hydroxylation is 1. The number of halogens is 1. The molecule has 0 spiro atoms. The van der Waals surface area contributed by atoms with Gasteiger partial charge in [-0.3, -0.25) is 14.9 Å². The lowest BCUT2D eigenvalue weighted by Crippen LogP contribution is -2.20. The molecule has 70 valence electrons. The van der Waals surface area contributed by atoms with Crippen LogP contribution in [-0.2, 0) is 7.05 Å². The number of pyridine rings is 1. The molecule has 0 saturated carbocycles. The molecule has 0 bridgehead atoms. The van der Waals surface area contributed by atoms with Crippen LogP contribution in [0.4, 0.5) is 5.69 Å². The SMILES string of the molecule is Cc1c(Br)cn(C)c(=O)c1[N+](=O)[O-]. The number of rotatable bonds is 1. The van der Waals surface area contributed by atoms with Crippen molar-refractivity contribution in [2.24, 2.45) is 7.05 Å². The predicted molar refractivity (Wildman–Crippen MR) is 50.8 cm³/mol. The number of hydrogen-bond acceptors (Lipinski definition) is 3. The summed E-state index contributed by atoms with van der Waals surface area (Å²) in [4.78, 5) is 21.1. The standard InChI is InChI=1S/C7H7BrN2O3/c1-4-5(8)3-9(2)7(11)6(4)10(12)13/h3H,1-2H3. The fraction of sp³-hybridized carbons (Fsp3) is 0.286. The molecule has 0 fully saturated rings. The summed E-state index contributed by atoms with van der Waals surface area (Å²) in [6, 6.07) is 0. The molecule has 0 radical (unpaired) electrons. The summed E-state index contributed by atoms with van der Waals surface area (Å²) in [5.74, 6) is 0. The number of nitro groups is 1. The van der Waals surface area contributed by atoms with Crippen LogP contribution in [0.1, 0.15) is 5.56 Å². The molecule has 0 unspecified atom stereocenters. The first-order valence-electron chi connectivity index (χ1n) is 3.45. The topological polar surface area (TPSA) is 65.1 Å². The van der Waals surface area contributed by atoms with Crippen LogP contribution in [0.3, 0.4) is 0 Å². The lowest BCUT2D eigenvalue weighted by Gasteiger charge is -2.02. The van der Waals surface area contributed by atoms with Gasteiger partial charge in [-0.15, -0.1) is 0 Å². The van der Waals surface area contributed by atoms with Crippen LogP contribution in [0.15, 0.2) is 15.5 Å². The second-order valence-electron chi connectivity index (χ2n) is 2.62. The van der Waals surface area contributed by atoms with Crippen molar-refractivity contribution in [1.29, 1.82) is 0 Å². The monoisotopic (exact) mass is 246 g/mol. The first kappa shape index (κ1) is 9.91. The fourth-order valence-electron chi connectivity index (χ4n) is 0.981. The van der Waals surface area contributed by atoms with Crippen molar-refractivity contribution in [3.05, 3.63) is 36.7 Å². The van der Waals surface area contributed by atoms with E-state index in [1.165, 1.54) is 24.7 Å². The van der Waals surface area contributed by atoms with Crippen molar-refractivity contribution in [3.63, 3.8) is 0 Å². The minimum atomic E-state index is -0.664. The van der Waals surface area contributed by atoms with E-state index in [4.69, 9.17) is 0 Å². The molecule has 1 heterocycles. The van der Waals surface area contributed by atoms with Gasteiger partial charge in [0.2, 0.25) is 0 Å². The lowest BCUT2D eigenvalue weighted by atomic mass is 10.2. The number of nitrogens with zero attached hydrogens (tertiary/aromatic N) is 2. The maximum atomic E-state index is 11.3. The molecule has 0 aliphatic heterocycles. The largest absolute Gasteiger partial charge is 0.338 e. The second-order valence-corrected chi connectivity index (χ2v) is 3.48. The Morgan fingerprint density at radius 3 is 2.62 bits per heavy atom. The minimum Gasteiger partial charge on any atom is -0.312 e. The molecule has 0 atom stereocenters. The van der Waals surface area contributed by atoms with Crippen molar-refractivity contribution in [1.82, 2.24) is 4.57 Å². The average Bonchev–Trinajstić information content (AvgIpc) is 2.01. The van der Waals surface area contributed by atoms with Gasteiger partial charge in [-0.2, -0.15) is 0 Å². The molecule has 0 aliphatic carbocycles. The van der Waals surface area contributed by atoms with Crippen molar-refractivity contribution < 1.29 is 4.92 Å². The Balaban J connectivity index is 3.66. The molecule has 1 rings (SSSR count). The van der Waals surface area contributed by atoms with Gasteiger partial charge in [0, 0.05) is 23.3 Å². The molecule has 1 aromatic heterocycles. The summed E-state index contributed by atoms with van der Waals surface area (Å²) < 4.78 is 1.73. The Labute approximate surface area is 82.3 Å². The van der Waals surface area contributed by atoms with Crippen LogP contribution in [0, 0.1) is 17.0 Å². The van der Waals surface area contributed by atoms with Crippen molar-refractivity contribution >= 4 is 21.6 Å². The normalized spacial score (nSPS) is 10.1. The average molecular weight is 247 g/mol. The molecular formula is C7H7BrN2O3. The first-order chi connectivity index (χ1) is 5.95. The van der Waals surface area contributed by atoms with E-state index in [0.29, 0.717) is 10.0 Å². The summed E-state index contributed by atoms with van der Waals surface area (Å²) in [7, 11) is 1.47. The van der Waals surface area contributed by atoms with E-state index >= 15 is 0 Å². The fourth-order valence-corrected chi connectivity index (χ4v) is 1.48. The summed E-state index contributed by atoms with van der Waals surface area (Å²) in [5, 5.41) is 10.5. The zero-order valence-corrected chi connectivity index (χ0v) is 8.66. The van der Waals surface area contributed by atoms with Gasteiger partial charge in [-0.1, -0.05) is 0 Å². The molecule has 5 nitrogen and oxygen atoms in total. The smallest absolute Gasteiger partial charge is 0.312 e. The van der Waals surface area contributed by atoms with Crippen LogP contribution in [-0.4, -0.2) is 9.49 Å². The van der Waals surface area contributed by atoms with Gasteiger partial charge in [0.15, 0.2) is 0 Å². The maximum Gasteiger partial charge on any atom is 0.338 e. The first-order valence-corrected chi connectivity index (χ1v) is 4.24. The van der Waals surface area contributed by atoms with Gasteiger partial charge in [0.1, 0.15) is 0 Å². The quantitative estimate of drug-likeness (QED) is 0.556. The van der Waals surface area contributed by atoms with E-state index < -0.39 is 10.5 Å². The maximum absolute atomic E-state index is 11.3. The molecule has 0 aliphatic rings. The Morgan fingerprint density at radius 2 is 2.15 bits per heavy atom. The highest BCUT2D eigenvalue weighted by atomic mass is 79.9. The number of hydrogen-bond donors (Lipinski definition) is 0. The Hall–Kier alpha value is -1.17.